The molecule has 3 rings (SSSR count). The number of pyridine rings is 1. The second-order valence-electron chi connectivity index (χ2n) is 5.27. The Morgan fingerprint density at radius 3 is 2.28 bits per heavy atom. The van der Waals surface area contributed by atoms with Crippen molar-refractivity contribution in [2.24, 2.45) is 0 Å². The van der Waals surface area contributed by atoms with E-state index in [1.165, 1.54) is 23.9 Å². The van der Waals surface area contributed by atoms with Gasteiger partial charge in [-0.25, -0.2) is 0 Å². The van der Waals surface area contributed by atoms with E-state index in [2.05, 4.69) is 15.2 Å². The molecule has 0 aliphatic heterocycles. The van der Waals surface area contributed by atoms with Gasteiger partial charge in [-0.2, -0.15) is 13.2 Å². The topological polar surface area (TPSA) is 43.6 Å². The minimum atomic E-state index is -4.31. The molecule has 25 heavy (non-hydrogen) atoms. The van der Waals surface area contributed by atoms with Crippen LogP contribution < -0.4 is 0 Å². The molecule has 0 aliphatic rings. The van der Waals surface area contributed by atoms with Crippen LogP contribution in [0.4, 0.5) is 13.2 Å². The fourth-order valence-corrected chi connectivity index (χ4v) is 3.29. The quantitative estimate of drug-likeness (QED) is 0.617. The summed E-state index contributed by atoms with van der Waals surface area (Å²) in [4.78, 5) is 3.99. The van der Waals surface area contributed by atoms with Crippen molar-refractivity contribution in [3.8, 4) is 11.4 Å². The van der Waals surface area contributed by atoms with E-state index in [9.17, 15) is 13.2 Å². The van der Waals surface area contributed by atoms with Gasteiger partial charge in [-0.3, -0.25) is 4.98 Å². The fraction of sp³-hybridized carbons (Fsp3) is 0.235. The molecule has 130 valence electrons. The lowest BCUT2D eigenvalue weighted by molar-refractivity contribution is -0.137. The van der Waals surface area contributed by atoms with Crippen LogP contribution in [0.25, 0.3) is 11.4 Å². The molecule has 0 N–H and O–H groups in total. The first kappa shape index (κ1) is 17.5. The number of rotatable bonds is 5. The SMILES string of the molecule is CCn1c(SCc2ccc(C(F)(F)F)cc2)nnc1-c1ccncc1. The van der Waals surface area contributed by atoms with Crippen molar-refractivity contribution < 1.29 is 13.2 Å². The van der Waals surface area contributed by atoms with Crippen LogP contribution in [0.2, 0.25) is 0 Å². The summed E-state index contributed by atoms with van der Waals surface area (Å²) in [6.07, 6.45) is -0.925. The highest BCUT2D eigenvalue weighted by atomic mass is 32.2. The van der Waals surface area contributed by atoms with Gasteiger partial charge in [0.05, 0.1) is 5.56 Å². The van der Waals surface area contributed by atoms with Crippen molar-refractivity contribution in [1.82, 2.24) is 19.7 Å². The predicted octanol–water partition coefficient (Wildman–Crippen LogP) is 4.67. The van der Waals surface area contributed by atoms with Gasteiger partial charge < -0.3 is 4.57 Å². The third-order valence-corrected chi connectivity index (χ3v) is 4.66. The fourth-order valence-electron chi connectivity index (χ4n) is 2.33. The lowest BCUT2D eigenvalue weighted by Gasteiger charge is -2.09. The Balaban J connectivity index is 1.75. The highest BCUT2D eigenvalue weighted by molar-refractivity contribution is 7.98. The Hall–Kier alpha value is -2.35. The molecule has 1 aromatic carbocycles. The Morgan fingerprint density at radius 2 is 1.68 bits per heavy atom. The van der Waals surface area contributed by atoms with Crippen LogP contribution in [-0.4, -0.2) is 19.7 Å². The first-order valence-corrected chi connectivity index (χ1v) is 8.60. The summed E-state index contributed by atoms with van der Waals surface area (Å²) in [5.74, 6) is 1.27. The summed E-state index contributed by atoms with van der Waals surface area (Å²) in [5, 5.41) is 9.17. The van der Waals surface area contributed by atoms with Gasteiger partial charge in [0.15, 0.2) is 11.0 Å². The lowest BCUT2D eigenvalue weighted by atomic mass is 10.1. The third kappa shape index (κ3) is 4.01. The van der Waals surface area contributed by atoms with E-state index >= 15 is 0 Å². The number of hydrogen-bond donors (Lipinski definition) is 0. The smallest absolute Gasteiger partial charge is 0.302 e. The summed E-state index contributed by atoms with van der Waals surface area (Å²) < 4.78 is 39.8. The average Bonchev–Trinajstić information content (AvgIpc) is 3.03. The molecule has 2 heterocycles. The van der Waals surface area contributed by atoms with Crippen LogP contribution >= 0.6 is 11.8 Å². The Labute approximate surface area is 147 Å². The third-order valence-electron chi connectivity index (χ3n) is 3.62. The van der Waals surface area contributed by atoms with Crippen molar-refractivity contribution in [3.05, 3.63) is 59.9 Å². The standard InChI is InChI=1S/C17H15F3N4S/c1-2-24-15(13-7-9-21-10-8-13)22-23-16(24)25-11-12-3-5-14(6-4-12)17(18,19)20/h3-10H,2,11H2,1H3. The molecule has 0 spiro atoms. The largest absolute Gasteiger partial charge is 0.416 e. The molecule has 2 aromatic heterocycles. The molecule has 0 atom stereocenters. The van der Waals surface area contributed by atoms with Gasteiger partial charge in [-0.05, 0) is 36.8 Å². The summed E-state index contributed by atoms with van der Waals surface area (Å²) in [6, 6.07) is 8.91. The lowest BCUT2D eigenvalue weighted by Crippen LogP contribution is -2.04. The highest BCUT2D eigenvalue weighted by Gasteiger charge is 2.29. The molecular formula is C17H15F3N4S. The molecule has 8 heteroatoms. The van der Waals surface area contributed by atoms with Crippen LogP contribution in [-0.2, 0) is 18.5 Å². The van der Waals surface area contributed by atoms with Crippen molar-refractivity contribution in [2.75, 3.05) is 0 Å². The maximum atomic E-state index is 12.6. The van der Waals surface area contributed by atoms with E-state index in [1.807, 2.05) is 23.6 Å². The molecule has 0 saturated heterocycles. The van der Waals surface area contributed by atoms with E-state index in [0.717, 1.165) is 34.2 Å². The van der Waals surface area contributed by atoms with Gasteiger partial charge in [0.1, 0.15) is 0 Å². The van der Waals surface area contributed by atoms with Gasteiger partial charge in [-0.1, -0.05) is 23.9 Å². The highest BCUT2D eigenvalue weighted by Crippen LogP contribution is 2.30. The molecule has 0 saturated carbocycles. The number of thioether (sulfide) groups is 1. The zero-order valence-corrected chi connectivity index (χ0v) is 14.2. The molecule has 0 amide bonds. The number of nitrogens with zero attached hydrogens (tertiary/aromatic N) is 4. The zero-order chi connectivity index (χ0) is 17.9. The summed E-state index contributed by atoms with van der Waals surface area (Å²) >= 11 is 1.45. The van der Waals surface area contributed by atoms with Crippen LogP contribution in [0.3, 0.4) is 0 Å². The first-order chi connectivity index (χ1) is 12.0. The van der Waals surface area contributed by atoms with Gasteiger partial charge in [0.2, 0.25) is 0 Å². The number of halogens is 3. The van der Waals surface area contributed by atoms with Crippen LogP contribution in [0.5, 0.6) is 0 Å². The van der Waals surface area contributed by atoms with E-state index in [-0.39, 0.29) is 0 Å². The minimum Gasteiger partial charge on any atom is -0.302 e. The van der Waals surface area contributed by atoms with Crippen LogP contribution in [0, 0.1) is 0 Å². The monoisotopic (exact) mass is 364 g/mol. The van der Waals surface area contributed by atoms with E-state index in [0.29, 0.717) is 12.3 Å². The molecule has 3 aromatic rings. The van der Waals surface area contributed by atoms with Crippen molar-refractivity contribution in [3.63, 3.8) is 0 Å². The maximum Gasteiger partial charge on any atom is 0.416 e. The van der Waals surface area contributed by atoms with Crippen molar-refractivity contribution in [2.45, 2.75) is 30.6 Å². The van der Waals surface area contributed by atoms with Gasteiger partial charge >= 0.3 is 6.18 Å². The molecule has 4 nitrogen and oxygen atoms in total. The zero-order valence-electron chi connectivity index (χ0n) is 13.4. The first-order valence-electron chi connectivity index (χ1n) is 7.61. The van der Waals surface area contributed by atoms with Gasteiger partial charge in [0, 0.05) is 30.3 Å². The number of benzene rings is 1. The Bertz CT molecular complexity index is 829. The second kappa shape index (κ2) is 7.26. The molecule has 0 fully saturated rings. The molecular weight excluding hydrogens is 349 g/mol. The number of alkyl halides is 3. The van der Waals surface area contributed by atoms with Crippen LogP contribution in [0.15, 0.2) is 53.9 Å². The van der Waals surface area contributed by atoms with Crippen molar-refractivity contribution in [1.29, 1.82) is 0 Å². The van der Waals surface area contributed by atoms with Crippen LogP contribution in [0.1, 0.15) is 18.1 Å². The number of hydrogen-bond acceptors (Lipinski definition) is 4. The second-order valence-corrected chi connectivity index (χ2v) is 6.21. The average molecular weight is 364 g/mol. The normalized spacial score (nSPS) is 11.7. The van der Waals surface area contributed by atoms with E-state index in [1.54, 1.807) is 12.4 Å². The van der Waals surface area contributed by atoms with Crippen molar-refractivity contribution >= 4 is 11.8 Å². The predicted molar refractivity (Wildman–Crippen MR) is 89.9 cm³/mol. The maximum absolute atomic E-state index is 12.6. The summed E-state index contributed by atoms with van der Waals surface area (Å²) in [5.41, 5.74) is 1.08. The van der Waals surface area contributed by atoms with Gasteiger partial charge in [0.25, 0.3) is 0 Å². The molecule has 0 unspecified atom stereocenters. The minimum absolute atomic E-state index is 0.520. The Morgan fingerprint density at radius 1 is 1.00 bits per heavy atom. The molecule has 0 radical (unpaired) electrons. The molecule has 0 aliphatic carbocycles. The molecule has 0 bridgehead atoms. The van der Waals surface area contributed by atoms with E-state index in [4.69, 9.17) is 0 Å². The van der Waals surface area contributed by atoms with Gasteiger partial charge in [-0.15, -0.1) is 10.2 Å². The number of aromatic nitrogens is 4. The Kier molecular flexibility index (Phi) is 5.08. The summed E-state index contributed by atoms with van der Waals surface area (Å²) in [7, 11) is 0. The summed E-state index contributed by atoms with van der Waals surface area (Å²) in [6.45, 7) is 2.69. The van der Waals surface area contributed by atoms with E-state index < -0.39 is 11.7 Å².